The normalized spacial score (nSPS) is 26.1. The largest absolute Gasteiger partial charge is 0.381 e. The number of carbonyl (C=O) groups excluding carboxylic acids is 1. The third-order valence-electron chi connectivity index (χ3n) is 4.59. The van der Waals surface area contributed by atoms with Gasteiger partial charge in [0.25, 0.3) is 0 Å². The average Bonchev–Trinajstić information content (AvgIpc) is 2.54. The minimum Gasteiger partial charge on any atom is -0.381 e. The van der Waals surface area contributed by atoms with Gasteiger partial charge in [-0.05, 0) is 36.8 Å². The van der Waals surface area contributed by atoms with Gasteiger partial charge in [0, 0.05) is 13.2 Å². The van der Waals surface area contributed by atoms with Gasteiger partial charge in [-0.3, -0.25) is 4.79 Å². The van der Waals surface area contributed by atoms with Crippen molar-refractivity contribution in [3.8, 4) is 0 Å². The van der Waals surface area contributed by atoms with Crippen molar-refractivity contribution in [3.05, 3.63) is 35.4 Å². The van der Waals surface area contributed by atoms with E-state index in [1.165, 1.54) is 11.1 Å². The van der Waals surface area contributed by atoms with Crippen LogP contribution in [-0.4, -0.2) is 30.6 Å². The van der Waals surface area contributed by atoms with E-state index in [1.807, 2.05) is 0 Å². The van der Waals surface area contributed by atoms with Gasteiger partial charge in [-0.2, -0.15) is 0 Å². The van der Waals surface area contributed by atoms with Gasteiger partial charge >= 0.3 is 0 Å². The van der Waals surface area contributed by atoms with Crippen LogP contribution >= 0.6 is 0 Å². The van der Waals surface area contributed by atoms with E-state index in [1.54, 1.807) is 0 Å². The molecule has 1 aromatic carbocycles. The fourth-order valence-corrected chi connectivity index (χ4v) is 3.53. The summed E-state index contributed by atoms with van der Waals surface area (Å²) in [4.78, 5) is 14.9. The Labute approximate surface area is 120 Å². The van der Waals surface area contributed by atoms with Crippen molar-refractivity contribution in [2.24, 2.45) is 5.92 Å². The fraction of sp³-hybridized carbons (Fsp3) is 0.588. The summed E-state index contributed by atoms with van der Waals surface area (Å²) in [7, 11) is 0. The van der Waals surface area contributed by atoms with E-state index in [0.29, 0.717) is 12.5 Å². The maximum atomic E-state index is 12.8. The van der Waals surface area contributed by atoms with Crippen molar-refractivity contribution in [1.29, 1.82) is 0 Å². The Hall–Kier alpha value is -1.35. The standard InChI is InChI=1S/C17H23NO2/c1-2-16-15-8-4-3-6-13(15)9-10-18(16)17(19)14-7-5-11-20-12-14/h3-4,6,8,14,16H,2,5,7,9-12H2,1H3. The van der Waals surface area contributed by atoms with E-state index < -0.39 is 0 Å². The highest BCUT2D eigenvalue weighted by Crippen LogP contribution is 2.33. The van der Waals surface area contributed by atoms with Gasteiger partial charge in [-0.1, -0.05) is 31.2 Å². The van der Waals surface area contributed by atoms with Gasteiger partial charge in [-0.25, -0.2) is 0 Å². The molecule has 2 aliphatic heterocycles. The van der Waals surface area contributed by atoms with E-state index in [0.717, 1.165) is 38.8 Å². The Morgan fingerprint density at radius 2 is 2.25 bits per heavy atom. The molecule has 2 aliphatic rings. The molecule has 0 bridgehead atoms. The molecule has 1 saturated heterocycles. The molecule has 0 radical (unpaired) electrons. The third-order valence-corrected chi connectivity index (χ3v) is 4.59. The second-order valence-corrected chi connectivity index (χ2v) is 5.82. The van der Waals surface area contributed by atoms with E-state index in [9.17, 15) is 4.79 Å². The van der Waals surface area contributed by atoms with Crippen LogP contribution in [0.15, 0.2) is 24.3 Å². The van der Waals surface area contributed by atoms with Gasteiger partial charge in [0.05, 0.1) is 18.6 Å². The predicted molar refractivity (Wildman–Crippen MR) is 78.4 cm³/mol. The lowest BCUT2D eigenvalue weighted by molar-refractivity contribution is -0.142. The molecule has 1 aromatic rings. The Balaban J connectivity index is 1.81. The second kappa shape index (κ2) is 5.96. The predicted octanol–water partition coefficient (Wildman–Crippen LogP) is 2.95. The first-order chi connectivity index (χ1) is 9.81. The molecule has 2 atom stereocenters. The smallest absolute Gasteiger partial charge is 0.228 e. The lowest BCUT2D eigenvalue weighted by Gasteiger charge is -2.39. The van der Waals surface area contributed by atoms with Crippen molar-refractivity contribution >= 4 is 5.91 Å². The van der Waals surface area contributed by atoms with Gasteiger partial charge in [-0.15, -0.1) is 0 Å². The number of ether oxygens (including phenoxy) is 1. The summed E-state index contributed by atoms with van der Waals surface area (Å²) in [6.45, 7) is 4.44. The summed E-state index contributed by atoms with van der Waals surface area (Å²) >= 11 is 0. The van der Waals surface area contributed by atoms with Crippen LogP contribution in [0.3, 0.4) is 0 Å². The van der Waals surface area contributed by atoms with Crippen LogP contribution in [0.2, 0.25) is 0 Å². The van der Waals surface area contributed by atoms with Gasteiger partial charge in [0.2, 0.25) is 5.91 Å². The molecule has 2 unspecified atom stereocenters. The zero-order valence-electron chi connectivity index (χ0n) is 12.2. The highest BCUT2D eigenvalue weighted by molar-refractivity contribution is 5.80. The molecule has 0 aromatic heterocycles. The van der Waals surface area contributed by atoms with Crippen LogP contribution in [0.4, 0.5) is 0 Å². The third kappa shape index (κ3) is 2.47. The van der Waals surface area contributed by atoms with Gasteiger partial charge in [0.1, 0.15) is 0 Å². The first kappa shape index (κ1) is 13.6. The number of hydrogen-bond donors (Lipinski definition) is 0. The molecular weight excluding hydrogens is 250 g/mol. The molecular formula is C17H23NO2. The summed E-state index contributed by atoms with van der Waals surface area (Å²) < 4.78 is 5.48. The molecule has 0 aliphatic carbocycles. The monoisotopic (exact) mass is 273 g/mol. The Bertz CT molecular complexity index is 480. The summed E-state index contributed by atoms with van der Waals surface area (Å²) in [5, 5.41) is 0. The van der Waals surface area contributed by atoms with Crippen LogP contribution in [0.25, 0.3) is 0 Å². The molecule has 3 rings (SSSR count). The van der Waals surface area contributed by atoms with E-state index >= 15 is 0 Å². The molecule has 1 fully saturated rings. The van der Waals surface area contributed by atoms with Gasteiger partial charge < -0.3 is 9.64 Å². The number of amides is 1. The number of rotatable bonds is 2. The maximum absolute atomic E-state index is 12.8. The number of nitrogens with zero attached hydrogens (tertiary/aromatic N) is 1. The lowest BCUT2D eigenvalue weighted by Crippen LogP contribution is -2.44. The first-order valence-corrected chi connectivity index (χ1v) is 7.77. The number of benzene rings is 1. The topological polar surface area (TPSA) is 29.5 Å². The zero-order valence-corrected chi connectivity index (χ0v) is 12.2. The van der Waals surface area contributed by atoms with Crippen molar-refractivity contribution < 1.29 is 9.53 Å². The molecule has 108 valence electrons. The van der Waals surface area contributed by atoms with Gasteiger partial charge in [0.15, 0.2) is 0 Å². The number of hydrogen-bond acceptors (Lipinski definition) is 2. The molecule has 0 spiro atoms. The molecule has 3 heteroatoms. The quantitative estimate of drug-likeness (QED) is 0.829. The second-order valence-electron chi connectivity index (χ2n) is 5.82. The molecule has 2 heterocycles. The number of carbonyl (C=O) groups is 1. The molecule has 0 N–H and O–H groups in total. The zero-order chi connectivity index (χ0) is 13.9. The van der Waals surface area contributed by atoms with Crippen LogP contribution in [0.1, 0.15) is 43.4 Å². The van der Waals surface area contributed by atoms with Crippen LogP contribution in [0, 0.1) is 5.92 Å². The molecule has 0 saturated carbocycles. The average molecular weight is 273 g/mol. The molecule has 1 amide bonds. The van der Waals surface area contributed by atoms with Crippen molar-refractivity contribution in [2.75, 3.05) is 19.8 Å². The summed E-state index contributed by atoms with van der Waals surface area (Å²) in [6.07, 6.45) is 3.95. The minimum atomic E-state index is 0.0723. The van der Waals surface area contributed by atoms with Crippen LogP contribution < -0.4 is 0 Å². The highest BCUT2D eigenvalue weighted by atomic mass is 16.5. The summed E-state index contributed by atoms with van der Waals surface area (Å²) in [6, 6.07) is 8.80. The fourth-order valence-electron chi connectivity index (χ4n) is 3.53. The van der Waals surface area contributed by atoms with Crippen molar-refractivity contribution in [3.63, 3.8) is 0 Å². The summed E-state index contributed by atoms with van der Waals surface area (Å²) in [5.41, 5.74) is 2.75. The number of fused-ring (bicyclic) bond motifs is 1. The SMILES string of the molecule is CCC1c2ccccc2CCN1C(=O)C1CCCOC1. The maximum Gasteiger partial charge on any atom is 0.228 e. The lowest BCUT2D eigenvalue weighted by atomic mass is 9.89. The van der Waals surface area contributed by atoms with Crippen LogP contribution in [-0.2, 0) is 16.0 Å². The minimum absolute atomic E-state index is 0.0723. The van der Waals surface area contributed by atoms with E-state index in [4.69, 9.17) is 4.74 Å². The van der Waals surface area contributed by atoms with Crippen LogP contribution in [0.5, 0.6) is 0 Å². The first-order valence-electron chi connectivity index (χ1n) is 7.77. The summed E-state index contributed by atoms with van der Waals surface area (Å²) in [5.74, 6) is 0.370. The molecule has 3 nitrogen and oxygen atoms in total. The van der Waals surface area contributed by atoms with E-state index in [2.05, 4.69) is 36.1 Å². The Morgan fingerprint density at radius 1 is 1.40 bits per heavy atom. The molecule has 20 heavy (non-hydrogen) atoms. The van der Waals surface area contributed by atoms with E-state index in [-0.39, 0.29) is 12.0 Å². The van der Waals surface area contributed by atoms with Crippen molar-refractivity contribution in [1.82, 2.24) is 4.90 Å². The highest BCUT2D eigenvalue weighted by Gasteiger charge is 2.33. The Morgan fingerprint density at radius 3 is 3.00 bits per heavy atom. The Kier molecular flexibility index (Phi) is 4.06. The van der Waals surface area contributed by atoms with Crippen molar-refractivity contribution in [2.45, 2.75) is 38.6 Å².